The summed E-state index contributed by atoms with van der Waals surface area (Å²) in [6, 6.07) is 15.8. The van der Waals surface area contributed by atoms with Crippen molar-refractivity contribution in [2.45, 2.75) is 18.4 Å². The maximum absolute atomic E-state index is 13.9. The van der Waals surface area contributed by atoms with Crippen molar-refractivity contribution in [3.63, 3.8) is 0 Å². The molecule has 0 saturated heterocycles. The van der Waals surface area contributed by atoms with Gasteiger partial charge in [0.15, 0.2) is 0 Å². The molecule has 162 valence electrons. The second-order valence-electron chi connectivity index (χ2n) is 7.23. The van der Waals surface area contributed by atoms with E-state index < -0.39 is 21.7 Å². The average Bonchev–Trinajstić information content (AvgIpc) is 2.75. The zero-order valence-corrected chi connectivity index (χ0v) is 18.2. The first kappa shape index (κ1) is 22.4. The van der Waals surface area contributed by atoms with Gasteiger partial charge in [0.1, 0.15) is 11.6 Å². The summed E-state index contributed by atoms with van der Waals surface area (Å²) in [5, 5.41) is 0. The first-order valence-corrected chi connectivity index (χ1v) is 10.9. The Hall–Kier alpha value is -3.26. The predicted octanol–water partition coefficient (Wildman–Crippen LogP) is 4.37. The van der Waals surface area contributed by atoms with Gasteiger partial charge in [-0.25, -0.2) is 17.2 Å². The Bertz CT molecular complexity index is 1190. The number of carbonyl (C=O) groups is 1. The molecule has 3 aromatic rings. The zero-order chi connectivity index (χ0) is 22.8. The first-order valence-electron chi connectivity index (χ1n) is 9.44. The Morgan fingerprint density at radius 1 is 0.903 bits per heavy atom. The molecule has 0 spiro atoms. The van der Waals surface area contributed by atoms with E-state index in [4.69, 9.17) is 0 Å². The SMILES string of the molecule is Cc1ccc(S(=O)(=O)N(C)c2ccc(C(=O)N(C)Cc3ccc(F)cc3F)cc2)cc1. The molecular formula is C23H22F2N2O3S. The molecule has 3 aromatic carbocycles. The molecule has 0 bridgehead atoms. The highest BCUT2D eigenvalue weighted by Crippen LogP contribution is 2.23. The maximum Gasteiger partial charge on any atom is 0.264 e. The molecule has 0 aliphatic heterocycles. The average molecular weight is 445 g/mol. The van der Waals surface area contributed by atoms with Crippen molar-refractivity contribution in [1.29, 1.82) is 0 Å². The van der Waals surface area contributed by atoms with Gasteiger partial charge in [-0.15, -0.1) is 0 Å². The molecule has 0 saturated carbocycles. The van der Waals surface area contributed by atoms with Crippen LogP contribution in [0.2, 0.25) is 0 Å². The Kier molecular flexibility index (Phi) is 6.40. The number of rotatable bonds is 6. The van der Waals surface area contributed by atoms with Crippen molar-refractivity contribution in [3.8, 4) is 0 Å². The van der Waals surface area contributed by atoms with Crippen LogP contribution < -0.4 is 4.31 Å². The van der Waals surface area contributed by atoms with Gasteiger partial charge in [-0.2, -0.15) is 0 Å². The number of anilines is 1. The third kappa shape index (κ3) is 4.91. The van der Waals surface area contributed by atoms with Crippen LogP contribution in [0.3, 0.4) is 0 Å². The molecule has 31 heavy (non-hydrogen) atoms. The van der Waals surface area contributed by atoms with E-state index in [9.17, 15) is 22.0 Å². The molecule has 0 atom stereocenters. The molecule has 5 nitrogen and oxygen atoms in total. The lowest BCUT2D eigenvalue weighted by Crippen LogP contribution is -2.28. The Morgan fingerprint density at radius 2 is 1.52 bits per heavy atom. The summed E-state index contributed by atoms with van der Waals surface area (Å²) in [6.45, 7) is 1.84. The third-order valence-electron chi connectivity index (χ3n) is 4.93. The molecule has 0 aromatic heterocycles. The summed E-state index contributed by atoms with van der Waals surface area (Å²) >= 11 is 0. The van der Waals surface area contributed by atoms with Crippen molar-refractivity contribution in [2.24, 2.45) is 0 Å². The van der Waals surface area contributed by atoms with Crippen molar-refractivity contribution in [1.82, 2.24) is 4.90 Å². The molecular weight excluding hydrogens is 422 g/mol. The van der Waals surface area contributed by atoms with Crippen LogP contribution in [0.15, 0.2) is 71.6 Å². The minimum absolute atomic E-state index is 0.0333. The number of hydrogen-bond acceptors (Lipinski definition) is 3. The maximum atomic E-state index is 13.9. The lowest BCUT2D eigenvalue weighted by molar-refractivity contribution is 0.0784. The second kappa shape index (κ2) is 8.85. The van der Waals surface area contributed by atoms with Crippen molar-refractivity contribution < 1.29 is 22.0 Å². The van der Waals surface area contributed by atoms with E-state index in [1.165, 1.54) is 49.3 Å². The summed E-state index contributed by atoms with van der Waals surface area (Å²) in [6.07, 6.45) is 0. The number of sulfonamides is 1. The topological polar surface area (TPSA) is 57.7 Å². The van der Waals surface area contributed by atoms with Crippen LogP contribution in [-0.2, 0) is 16.6 Å². The monoisotopic (exact) mass is 444 g/mol. The lowest BCUT2D eigenvalue weighted by atomic mass is 10.1. The number of halogens is 2. The summed E-state index contributed by atoms with van der Waals surface area (Å²) in [7, 11) is -0.795. The number of carbonyl (C=O) groups excluding carboxylic acids is 1. The van der Waals surface area contributed by atoms with Gasteiger partial charge >= 0.3 is 0 Å². The normalized spacial score (nSPS) is 11.3. The van der Waals surface area contributed by atoms with E-state index in [0.29, 0.717) is 11.3 Å². The van der Waals surface area contributed by atoms with Crippen LogP contribution in [-0.4, -0.2) is 33.3 Å². The van der Waals surface area contributed by atoms with Crippen LogP contribution in [0, 0.1) is 18.6 Å². The van der Waals surface area contributed by atoms with Gasteiger partial charge in [0, 0.05) is 37.8 Å². The smallest absolute Gasteiger partial charge is 0.264 e. The fraction of sp³-hybridized carbons (Fsp3) is 0.174. The van der Waals surface area contributed by atoms with E-state index in [1.54, 1.807) is 24.3 Å². The number of hydrogen-bond donors (Lipinski definition) is 0. The largest absolute Gasteiger partial charge is 0.337 e. The second-order valence-corrected chi connectivity index (χ2v) is 9.20. The van der Waals surface area contributed by atoms with Crippen molar-refractivity contribution in [3.05, 3.63) is 95.1 Å². The van der Waals surface area contributed by atoms with E-state index in [2.05, 4.69) is 0 Å². The summed E-state index contributed by atoms with van der Waals surface area (Å²) in [5.74, 6) is -1.78. The van der Waals surface area contributed by atoms with Gasteiger partial charge in [0.25, 0.3) is 15.9 Å². The van der Waals surface area contributed by atoms with E-state index >= 15 is 0 Å². The van der Waals surface area contributed by atoms with Gasteiger partial charge < -0.3 is 4.90 Å². The fourth-order valence-electron chi connectivity index (χ4n) is 3.02. The molecule has 0 fully saturated rings. The van der Waals surface area contributed by atoms with E-state index in [0.717, 1.165) is 22.0 Å². The molecule has 0 N–H and O–H groups in total. The first-order chi connectivity index (χ1) is 14.6. The highest BCUT2D eigenvalue weighted by molar-refractivity contribution is 7.92. The van der Waals surface area contributed by atoms with Crippen LogP contribution in [0.25, 0.3) is 0 Å². The predicted molar refractivity (Wildman–Crippen MR) is 115 cm³/mol. The number of benzene rings is 3. The molecule has 0 radical (unpaired) electrons. The summed E-state index contributed by atoms with van der Waals surface area (Å²) < 4.78 is 53.7. The summed E-state index contributed by atoms with van der Waals surface area (Å²) in [5.41, 5.74) is 1.85. The zero-order valence-electron chi connectivity index (χ0n) is 17.3. The van der Waals surface area contributed by atoms with Crippen LogP contribution in [0.1, 0.15) is 21.5 Å². The van der Waals surface area contributed by atoms with E-state index in [-0.39, 0.29) is 22.9 Å². The molecule has 3 rings (SSSR count). The van der Waals surface area contributed by atoms with Gasteiger partial charge in [-0.3, -0.25) is 9.10 Å². The van der Waals surface area contributed by atoms with E-state index in [1.807, 2.05) is 6.92 Å². The summed E-state index contributed by atoms with van der Waals surface area (Å²) in [4.78, 5) is 14.1. The number of aryl methyl sites for hydroxylation is 1. The van der Waals surface area contributed by atoms with Gasteiger partial charge in [-0.1, -0.05) is 23.8 Å². The highest BCUT2D eigenvalue weighted by Gasteiger charge is 2.22. The molecule has 0 heterocycles. The number of amides is 1. The minimum atomic E-state index is -3.74. The van der Waals surface area contributed by atoms with Crippen molar-refractivity contribution in [2.75, 3.05) is 18.4 Å². The molecule has 0 aliphatic carbocycles. The molecule has 0 aliphatic rings. The molecule has 0 unspecified atom stereocenters. The lowest BCUT2D eigenvalue weighted by Gasteiger charge is -2.21. The molecule has 1 amide bonds. The van der Waals surface area contributed by atoms with Crippen LogP contribution in [0.5, 0.6) is 0 Å². The molecule has 8 heteroatoms. The number of nitrogens with zero attached hydrogens (tertiary/aromatic N) is 2. The Balaban J connectivity index is 1.75. The fourth-order valence-corrected chi connectivity index (χ4v) is 4.21. The van der Waals surface area contributed by atoms with Crippen LogP contribution in [0.4, 0.5) is 14.5 Å². The van der Waals surface area contributed by atoms with Gasteiger partial charge in [0.2, 0.25) is 0 Å². The Morgan fingerprint density at radius 3 is 2.10 bits per heavy atom. The minimum Gasteiger partial charge on any atom is -0.337 e. The Labute approximate surface area is 180 Å². The standard InChI is InChI=1S/C23H22F2N2O3S/c1-16-4-12-21(13-5-16)31(29,30)27(3)20-10-7-17(8-11-20)23(28)26(2)15-18-6-9-19(24)14-22(18)25/h4-14H,15H2,1-3H3. The van der Waals surface area contributed by atoms with Crippen molar-refractivity contribution >= 4 is 21.6 Å². The highest BCUT2D eigenvalue weighted by atomic mass is 32.2. The van der Waals surface area contributed by atoms with Gasteiger partial charge in [0.05, 0.1) is 10.6 Å². The third-order valence-corrected chi connectivity index (χ3v) is 6.73. The van der Waals surface area contributed by atoms with Crippen LogP contribution >= 0.6 is 0 Å². The van der Waals surface area contributed by atoms with Gasteiger partial charge in [-0.05, 0) is 49.4 Å². The quantitative estimate of drug-likeness (QED) is 0.567.